The highest BCUT2D eigenvalue weighted by atomic mass is 79.9. The molecule has 2 rings (SSSR count). The van der Waals surface area contributed by atoms with E-state index in [1.807, 2.05) is 19.2 Å². The maximum atomic E-state index is 8.98. The van der Waals surface area contributed by atoms with Gasteiger partial charge in [0.2, 0.25) is 0 Å². The largest absolute Gasteiger partial charge is 0.396 e. The molecule has 2 aromatic rings. The zero-order valence-electron chi connectivity index (χ0n) is 10.4. The number of fused-ring (bicyclic) bond motifs is 1. The number of benzene rings is 1. The van der Waals surface area contributed by atoms with Gasteiger partial charge in [-0.1, -0.05) is 35.0 Å². The third-order valence-corrected chi connectivity index (χ3v) is 3.61. The summed E-state index contributed by atoms with van der Waals surface area (Å²) in [6.07, 6.45) is 1.81. The Morgan fingerprint density at radius 2 is 2.22 bits per heavy atom. The molecule has 18 heavy (non-hydrogen) atoms. The highest BCUT2D eigenvalue weighted by Gasteiger charge is 2.05. The van der Waals surface area contributed by atoms with Crippen molar-refractivity contribution < 1.29 is 5.11 Å². The molecule has 3 nitrogen and oxygen atoms in total. The molecule has 1 heterocycles. The average molecular weight is 309 g/mol. The third kappa shape index (κ3) is 3.07. The minimum atomic E-state index is 0.215. The van der Waals surface area contributed by atoms with Gasteiger partial charge in [0.25, 0.3) is 0 Å². The average Bonchev–Trinajstić information content (AvgIpc) is 2.41. The van der Waals surface area contributed by atoms with Gasteiger partial charge in [-0.15, -0.1) is 0 Å². The fraction of sp³-hybridized carbons (Fsp3) is 0.357. The molecular formula is C14H17BrN2O. The van der Waals surface area contributed by atoms with Crippen molar-refractivity contribution in [2.24, 2.45) is 5.92 Å². The number of aliphatic hydroxyl groups is 1. The van der Waals surface area contributed by atoms with Gasteiger partial charge in [-0.25, -0.2) is 0 Å². The second-order valence-electron chi connectivity index (χ2n) is 4.52. The summed E-state index contributed by atoms with van der Waals surface area (Å²) < 4.78 is 1.07. The van der Waals surface area contributed by atoms with E-state index in [1.165, 1.54) is 5.56 Å². The van der Waals surface area contributed by atoms with Crippen LogP contribution in [-0.4, -0.2) is 23.2 Å². The first-order valence-corrected chi connectivity index (χ1v) is 6.85. The Morgan fingerprint density at radius 3 is 3.00 bits per heavy atom. The summed E-state index contributed by atoms with van der Waals surface area (Å²) in [5.41, 5.74) is 2.20. The van der Waals surface area contributed by atoms with Crippen LogP contribution < -0.4 is 5.32 Å². The molecule has 0 spiro atoms. The van der Waals surface area contributed by atoms with E-state index in [1.54, 1.807) is 0 Å². The summed E-state index contributed by atoms with van der Waals surface area (Å²) in [5, 5.41) is 13.5. The van der Waals surface area contributed by atoms with Crippen LogP contribution in [0, 0.1) is 5.92 Å². The summed E-state index contributed by atoms with van der Waals surface area (Å²) in [5.74, 6) is 0.277. The van der Waals surface area contributed by atoms with Crippen LogP contribution in [0.1, 0.15) is 12.5 Å². The predicted octanol–water partition coefficient (Wildman–Crippen LogP) is 2.72. The molecule has 1 unspecified atom stereocenters. The van der Waals surface area contributed by atoms with Crippen LogP contribution in [0.2, 0.25) is 0 Å². The van der Waals surface area contributed by atoms with E-state index in [2.05, 4.69) is 44.4 Å². The van der Waals surface area contributed by atoms with E-state index >= 15 is 0 Å². The summed E-state index contributed by atoms with van der Waals surface area (Å²) in [6.45, 7) is 3.81. The lowest BCUT2D eigenvalue weighted by Crippen LogP contribution is -2.22. The Kier molecular flexibility index (Phi) is 4.69. The van der Waals surface area contributed by atoms with Crippen molar-refractivity contribution in [3.8, 4) is 0 Å². The monoisotopic (exact) mass is 308 g/mol. The van der Waals surface area contributed by atoms with Gasteiger partial charge in [0.1, 0.15) is 0 Å². The fourth-order valence-electron chi connectivity index (χ4n) is 1.86. The van der Waals surface area contributed by atoms with Crippen molar-refractivity contribution in [3.05, 3.63) is 40.5 Å². The Labute approximate surface area is 115 Å². The molecule has 4 heteroatoms. The van der Waals surface area contributed by atoms with Crippen molar-refractivity contribution >= 4 is 26.8 Å². The highest BCUT2D eigenvalue weighted by Crippen LogP contribution is 2.25. The number of hydrogen-bond donors (Lipinski definition) is 2. The van der Waals surface area contributed by atoms with Gasteiger partial charge < -0.3 is 10.4 Å². The van der Waals surface area contributed by atoms with Gasteiger partial charge >= 0.3 is 0 Å². The highest BCUT2D eigenvalue weighted by molar-refractivity contribution is 9.10. The standard InChI is InChI=1S/C14H17BrN2O/c1-10(9-18)7-16-8-11-4-5-13(15)12-3-2-6-17-14(11)12/h2-6,10,16,18H,7-9H2,1H3. The van der Waals surface area contributed by atoms with Crippen molar-refractivity contribution in [3.63, 3.8) is 0 Å². The van der Waals surface area contributed by atoms with Crippen LogP contribution in [0.5, 0.6) is 0 Å². The van der Waals surface area contributed by atoms with Gasteiger partial charge in [0.05, 0.1) is 5.52 Å². The van der Waals surface area contributed by atoms with Gasteiger partial charge in [0, 0.05) is 35.8 Å². The lowest BCUT2D eigenvalue weighted by molar-refractivity contribution is 0.233. The van der Waals surface area contributed by atoms with E-state index in [0.717, 1.165) is 28.5 Å². The zero-order chi connectivity index (χ0) is 13.0. The lowest BCUT2D eigenvalue weighted by atomic mass is 10.1. The first-order valence-electron chi connectivity index (χ1n) is 6.06. The number of rotatable bonds is 5. The van der Waals surface area contributed by atoms with Crippen LogP contribution in [-0.2, 0) is 6.54 Å². The zero-order valence-corrected chi connectivity index (χ0v) is 11.9. The van der Waals surface area contributed by atoms with E-state index in [-0.39, 0.29) is 12.5 Å². The first-order chi connectivity index (χ1) is 8.72. The van der Waals surface area contributed by atoms with E-state index in [9.17, 15) is 0 Å². The number of nitrogens with one attached hydrogen (secondary N) is 1. The summed E-state index contributed by atoms with van der Waals surface area (Å²) in [4.78, 5) is 4.44. The summed E-state index contributed by atoms with van der Waals surface area (Å²) in [7, 11) is 0. The molecule has 0 saturated carbocycles. The second-order valence-corrected chi connectivity index (χ2v) is 5.38. The lowest BCUT2D eigenvalue weighted by Gasteiger charge is -2.11. The Bertz CT molecular complexity index is 530. The number of pyridine rings is 1. The number of hydrogen-bond acceptors (Lipinski definition) is 3. The smallest absolute Gasteiger partial charge is 0.0758 e. The molecule has 1 aromatic carbocycles. The number of nitrogens with zero attached hydrogens (tertiary/aromatic N) is 1. The predicted molar refractivity (Wildman–Crippen MR) is 77.4 cm³/mol. The van der Waals surface area contributed by atoms with Crippen LogP contribution in [0.4, 0.5) is 0 Å². The second kappa shape index (κ2) is 6.27. The molecule has 0 radical (unpaired) electrons. The maximum absolute atomic E-state index is 8.98. The van der Waals surface area contributed by atoms with Crippen LogP contribution in [0.3, 0.4) is 0 Å². The molecular weight excluding hydrogens is 292 g/mol. The molecule has 0 saturated heterocycles. The molecule has 0 aliphatic carbocycles. The first kappa shape index (κ1) is 13.5. The minimum Gasteiger partial charge on any atom is -0.396 e. The third-order valence-electron chi connectivity index (χ3n) is 2.92. The molecule has 0 aliphatic rings. The Balaban J connectivity index is 2.16. The molecule has 0 bridgehead atoms. The quantitative estimate of drug-likeness (QED) is 0.892. The number of halogens is 1. The van der Waals surface area contributed by atoms with Crippen molar-refractivity contribution in [2.45, 2.75) is 13.5 Å². The molecule has 96 valence electrons. The normalized spacial score (nSPS) is 12.8. The van der Waals surface area contributed by atoms with Crippen molar-refractivity contribution in [1.82, 2.24) is 10.3 Å². The number of aromatic nitrogens is 1. The maximum Gasteiger partial charge on any atom is 0.0758 e. The topological polar surface area (TPSA) is 45.1 Å². The van der Waals surface area contributed by atoms with Crippen LogP contribution >= 0.6 is 15.9 Å². The SMILES string of the molecule is CC(CO)CNCc1ccc(Br)c2cccnc12. The van der Waals surface area contributed by atoms with Gasteiger partial charge in [-0.05, 0) is 23.6 Å². The summed E-state index contributed by atoms with van der Waals surface area (Å²) >= 11 is 3.54. The summed E-state index contributed by atoms with van der Waals surface area (Å²) in [6, 6.07) is 8.14. The van der Waals surface area contributed by atoms with Crippen molar-refractivity contribution in [1.29, 1.82) is 0 Å². The van der Waals surface area contributed by atoms with Gasteiger partial charge in [-0.3, -0.25) is 4.98 Å². The molecule has 0 aliphatic heterocycles. The minimum absolute atomic E-state index is 0.215. The van der Waals surface area contributed by atoms with Crippen LogP contribution in [0.15, 0.2) is 34.9 Å². The molecule has 1 atom stereocenters. The van der Waals surface area contributed by atoms with E-state index in [0.29, 0.717) is 0 Å². The molecule has 1 aromatic heterocycles. The van der Waals surface area contributed by atoms with E-state index < -0.39 is 0 Å². The van der Waals surface area contributed by atoms with Gasteiger partial charge in [0.15, 0.2) is 0 Å². The number of aliphatic hydroxyl groups excluding tert-OH is 1. The van der Waals surface area contributed by atoms with Crippen molar-refractivity contribution in [2.75, 3.05) is 13.2 Å². The van der Waals surface area contributed by atoms with E-state index in [4.69, 9.17) is 5.11 Å². The van der Waals surface area contributed by atoms with Crippen LogP contribution in [0.25, 0.3) is 10.9 Å². The Morgan fingerprint density at radius 1 is 1.39 bits per heavy atom. The Hall–Kier alpha value is -0.970. The molecule has 0 fully saturated rings. The van der Waals surface area contributed by atoms with Gasteiger partial charge in [-0.2, -0.15) is 0 Å². The molecule has 2 N–H and O–H groups in total. The molecule has 0 amide bonds. The fourth-order valence-corrected chi connectivity index (χ4v) is 2.31.